The Morgan fingerprint density at radius 2 is 1.15 bits per heavy atom. The van der Waals surface area contributed by atoms with Crippen molar-refractivity contribution in [3.63, 3.8) is 0 Å². The molecule has 0 aromatic heterocycles. The number of carbonyl (C=O) groups is 2. The van der Waals surface area contributed by atoms with Crippen molar-refractivity contribution in [3.05, 3.63) is 72.9 Å². The Kier molecular flexibility index (Phi) is 33.3. The van der Waals surface area contributed by atoms with Crippen LogP contribution in [0.2, 0.25) is 0 Å². The Morgan fingerprint density at radius 1 is 0.627 bits per heavy atom. The first-order chi connectivity index (χ1) is 28.5. The van der Waals surface area contributed by atoms with E-state index in [9.17, 15) is 19.0 Å². The van der Waals surface area contributed by atoms with Crippen LogP contribution in [-0.2, 0) is 37.4 Å². The number of unbranched alkanes of at least 4 members (excludes halogenated alkanes) is 11. The molecule has 0 aromatic rings. The molecule has 0 aliphatic carbocycles. The normalized spacial score (nSPS) is 17.7. The quantitative estimate of drug-likeness (QED) is 0.0148. The zero-order chi connectivity index (χ0) is 43.3. The van der Waals surface area contributed by atoms with E-state index in [-0.39, 0.29) is 26.1 Å². The number of epoxide rings is 1. The van der Waals surface area contributed by atoms with Crippen LogP contribution in [0.5, 0.6) is 0 Å². The summed E-state index contributed by atoms with van der Waals surface area (Å²) >= 11 is 0. The van der Waals surface area contributed by atoms with E-state index in [0.29, 0.717) is 36.1 Å². The molecular weight excluding hydrogens is 765 g/mol. The predicted molar refractivity (Wildman–Crippen MR) is 240 cm³/mol. The van der Waals surface area contributed by atoms with Gasteiger partial charge >= 0.3 is 11.9 Å². The van der Waals surface area contributed by atoms with Gasteiger partial charge in [-0.2, -0.15) is 0 Å². The van der Waals surface area contributed by atoms with Gasteiger partial charge in [-0.25, -0.2) is 0 Å². The minimum absolute atomic E-state index is 0.0488. The average molecular weight is 848 g/mol. The highest BCUT2D eigenvalue weighted by atomic mass is 31.2. The maximum absolute atomic E-state index is 12.7. The molecular formula is C48H82NO9P. The summed E-state index contributed by atoms with van der Waals surface area (Å²) in [6.45, 7) is 3.99. The number of phosphoric ester groups is 1. The number of likely N-dealkylation sites (N-methyl/N-ethyl adjacent to an activating group) is 1. The Labute approximate surface area is 359 Å². The maximum atomic E-state index is 12.7. The molecule has 1 rings (SSSR count). The zero-order valence-corrected chi connectivity index (χ0v) is 38.5. The number of allylic oxidation sites excluding steroid dienone is 10. The van der Waals surface area contributed by atoms with Gasteiger partial charge in [0.1, 0.15) is 19.8 Å². The molecule has 1 fully saturated rings. The minimum Gasteiger partial charge on any atom is -0.756 e. The Morgan fingerprint density at radius 3 is 1.75 bits per heavy atom. The molecule has 4 atom stereocenters. The van der Waals surface area contributed by atoms with E-state index in [1.165, 1.54) is 44.9 Å². The highest BCUT2D eigenvalue weighted by Crippen LogP contribution is 2.38. The highest BCUT2D eigenvalue weighted by Gasteiger charge is 2.36. The molecule has 0 N–H and O–H groups in total. The lowest BCUT2D eigenvalue weighted by Gasteiger charge is -2.28. The van der Waals surface area contributed by atoms with Crippen LogP contribution in [0.4, 0.5) is 0 Å². The van der Waals surface area contributed by atoms with Crippen molar-refractivity contribution in [3.8, 4) is 0 Å². The zero-order valence-electron chi connectivity index (χ0n) is 37.6. The van der Waals surface area contributed by atoms with Crippen molar-refractivity contribution >= 4 is 19.8 Å². The Bertz CT molecular complexity index is 1300. The van der Waals surface area contributed by atoms with Crippen molar-refractivity contribution in [2.45, 2.75) is 173 Å². The third kappa shape index (κ3) is 36.9. The van der Waals surface area contributed by atoms with E-state index < -0.39 is 32.5 Å². The summed E-state index contributed by atoms with van der Waals surface area (Å²) in [5.74, 6) is -0.952. The number of rotatable bonds is 39. The molecule has 1 heterocycles. The predicted octanol–water partition coefficient (Wildman–Crippen LogP) is 11.4. The Hall–Kier alpha value is -2.59. The lowest BCUT2D eigenvalue weighted by atomic mass is 10.1. The second kappa shape index (κ2) is 36.1. The van der Waals surface area contributed by atoms with Gasteiger partial charge in [-0.15, -0.1) is 0 Å². The van der Waals surface area contributed by atoms with E-state index in [1.807, 2.05) is 33.3 Å². The molecule has 3 unspecified atom stereocenters. The number of hydrogen-bond acceptors (Lipinski definition) is 9. The number of carbonyl (C=O) groups excluding carboxylic acids is 2. The third-order valence-electron chi connectivity index (χ3n) is 9.63. The van der Waals surface area contributed by atoms with Crippen LogP contribution in [0.1, 0.15) is 155 Å². The van der Waals surface area contributed by atoms with E-state index in [2.05, 4.69) is 74.6 Å². The van der Waals surface area contributed by atoms with Crippen LogP contribution in [0.25, 0.3) is 0 Å². The molecule has 0 bridgehead atoms. The molecule has 1 aliphatic heterocycles. The number of ether oxygens (including phenoxy) is 3. The van der Waals surface area contributed by atoms with Crippen molar-refractivity contribution < 1.29 is 46.8 Å². The van der Waals surface area contributed by atoms with E-state index >= 15 is 0 Å². The van der Waals surface area contributed by atoms with Crippen molar-refractivity contribution in [2.24, 2.45) is 0 Å². The second-order valence-corrected chi connectivity index (χ2v) is 17.8. The van der Waals surface area contributed by atoms with Gasteiger partial charge in [0.25, 0.3) is 7.82 Å². The first kappa shape index (κ1) is 54.4. The standard InChI is InChI=1S/C48H82NO9P/c1-6-8-10-11-12-13-14-15-16-17-22-25-28-31-35-39-48(51)57-44(43-56-59(52,53)55-41-40-49(3,4)5)42-54-47(50)38-34-30-27-24-21-19-18-20-23-26-29-33-37-46-45(58-46)36-32-9-7-2/h9,15-16,19-21,23,27,29-30,32-33,44-46H,6-8,10-14,17-18,22,24-26,28,31,34-43H2,1-5H3/b16-15-,21-19-,23-20-,30-27-,32-9-,33-29-/t44-,45?,46?/m1/s1. The summed E-state index contributed by atoms with van der Waals surface area (Å²) in [7, 11) is 1.10. The Balaban J connectivity index is 2.32. The molecule has 10 nitrogen and oxygen atoms in total. The SMILES string of the molecule is CC/C=C\CC1OC1C/C=C\C/C=C\C/C=C\C/C=C\CCC(=O)OC[C@H](COP(=O)([O-])OCC[N+](C)(C)C)OC(=O)CCCCCCC/C=C\CCCCCCCC. The van der Waals surface area contributed by atoms with E-state index in [0.717, 1.165) is 70.6 Å². The molecule has 1 saturated heterocycles. The summed E-state index contributed by atoms with van der Waals surface area (Å²) in [5, 5.41) is 0. The first-order valence-electron chi connectivity index (χ1n) is 22.8. The molecule has 1 aliphatic rings. The summed E-state index contributed by atoms with van der Waals surface area (Å²) in [5.41, 5.74) is 0. The van der Waals surface area contributed by atoms with Gasteiger partial charge in [-0.1, -0.05) is 138 Å². The highest BCUT2D eigenvalue weighted by molar-refractivity contribution is 7.45. The fraction of sp³-hybridized carbons (Fsp3) is 0.708. The number of nitrogens with zero attached hydrogens (tertiary/aromatic N) is 1. The molecule has 59 heavy (non-hydrogen) atoms. The van der Waals surface area contributed by atoms with Gasteiger partial charge in [-0.3, -0.25) is 14.2 Å². The molecule has 0 saturated carbocycles. The van der Waals surface area contributed by atoms with Crippen LogP contribution >= 0.6 is 7.82 Å². The molecule has 338 valence electrons. The largest absolute Gasteiger partial charge is 0.756 e. The molecule has 11 heteroatoms. The summed E-state index contributed by atoms with van der Waals surface area (Å²) in [6.07, 6.45) is 47.0. The first-order valence-corrected chi connectivity index (χ1v) is 24.2. The minimum atomic E-state index is -4.65. The number of quaternary nitrogens is 1. The van der Waals surface area contributed by atoms with Crippen molar-refractivity contribution in [1.82, 2.24) is 0 Å². The third-order valence-corrected chi connectivity index (χ3v) is 10.6. The van der Waals surface area contributed by atoms with Crippen molar-refractivity contribution in [2.75, 3.05) is 47.5 Å². The van der Waals surface area contributed by atoms with Gasteiger partial charge in [0, 0.05) is 12.8 Å². The smallest absolute Gasteiger partial charge is 0.306 e. The fourth-order valence-electron chi connectivity index (χ4n) is 5.95. The topological polar surface area (TPSA) is 124 Å². The van der Waals surface area contributed by atoms with Gasteiger partial charge < -0.3 is 32.6 Å². The molecule has 0 amide bonds. The number of hydrogen-bond donors (Lipinski definition) is 0. The van der Waals surface area contributed by atoms with Crippen molar-refractivity contribution in [1.29, 1.82) is 0 Å². The maximum Gasteiger partial charge on any atom is 0.306 e. The lowest BCUT2D eigenvalue weighted by molar-refractivity contribution is -0.870. The average Bonchev–Trinajstić information content (AvgIpc) is 3.94. The lowest BCUT2D eigenvalue weighted by Crippen LogP contribution is -2.37. The monoisotopic (exact) mass is 848 g/mol. The summed E-state index contributed by atoms with van der Waals surface area (Å²) < 4.78 is 39.5. The van der Waals surface area contributed by atoms with Gasteiger partial charge in [-0.05, 0) is 77.0 Å². The van der Waals surface area contributed by atoms with Crippen LogP contribution < -0.4 is 4.89 Å². The fourth-order valence-corrected chi connectivity index (χ4v) is 6.68. The van der Waals surface area contributed by atoms with E-state index in [1.54, 1.807) is 0 Å². The number of esters is 2. The summed E-state index contributed by atoms with van der Waals surface area (Å²) in [4.78, 5) is 37.5. The van der Waals surface area contributed by atoms with Crippen LogP contribution in [-0.4, -0.2) is 82.2 Å². The van der Waals surface area contributed by atoms with E-state index in [4.69, 9.17) is 23.3 Å². The molecule has 0 spiro atoms. The van der Waals surface area contributed by atoms with Crippen LogP contribution in [0.15, 0.2) is 72.9 Å². The van der Waals surface area contributed by atoms with Crippen LogP contribution in [0, 0.1) is 0 Å². The number of phosphoric acid groups is 1. The summed E-state index contributed by atoms with van der Waals surface area (Å²) in [6, 6.07) is 0. The van der Waals surface area contributed by atoms with Gasteiger partial charge in [0.15, 0.2) is 6.10 Å². The molecule has 0 radical (unpaired) electrons. The molecule has 0 aromatic carbocycles. The second-order valence-electron chi connectivity index (χ2n) is 16.4. The van der Waals surface area contributed by atoms with Gasteiger partial charge in [0.05, 0.1) is 40.0 Å². The van der Waals surface area contributed by atoms with Crippen LogP contribution in [0.3, 0.4) is 0 Å². The van der Waals surface area contributed by atoms with Gasteiger partial charge in [0.2, 0.25) is 0 Å².